The van der Waals surface area contributed by atoms with E-state index in [2.05, 4.69) is 36.2 Å². The van der Waals surface area contributed by atoms with Gasteiger partial charge in [-0.2, -0.15) is 0 Å². The molecule has 0 atom stereocenters. The SMILES string of the molecule is Cc1oc(-c2ccccc2)nc1Cn1cc(C2(O)CCN(C(=O)c3cccnc3Oc3ccc(Br)cc3)CC2)nn1. The molecule has 1 fully saturated rings. The molecule has 0 aliphatic carbocycles. The molecule has 1 amide bonds. The van der Waals surface area contributed by atoms with Crippen molar-refractivity contribution in [3.8, 4) is 23.1 Å². The van der Waals surface area contributed by atoms with Gasteiger partial charge in [0.15, 0.2) is 0 Å². The molecule has 41 heavy (non-hydrogen) atoms. The largest absolute Gasteiger partial charge is 0.441 e. The minimum Gasteiger partial charge on any atom is -0.441 e. The first-order chi connectivity index (χ1) is 19.9. The van der Waals surface area contributed by atoms with Crippen LogP contribution in [0.5, 0.6) is 11.6 Å². The maximum absolute atomic E-state index is 13.4. The van der Waals surface area contributed by atoms with Gasteiger partial charge in [-0.15, -0.1) is 5.10 Å². The van der Waals surface area contributed by atoms with Crippen molar-refractivity contribution in [2.75, 3.05) is 13.1 Å². The van der Waals surface area contributed by atoms with Crippen LogP contribution in [0.1, 0.15) is 40.3 Å². The summed E-state index contributed by atoms with van der Waals surface area (Å²) in [4.78, 5) is 24.0. The van der Waals surface area contributed by atoms with E-state index in [0.29, 0.717) is 61.1 Å². The zero-order chi connectivity index (χ0) is 28.4. The Bertz CT molecular complexity index is 1660. The third-order valence-electron chi connectivity index (χ3n) is 7.15. The van der Waals surface area contributed by atoms with E-state index in [0.717, 1.165) is 15.7 Å². The van der Waals surface area contributed by atoms with Gasteiger partial charge in [0.1, 0.15) is 34.1 Å². The van der Waals surface area contributed by atoms with Gasteiger partial charge >= 0.3 is 0 Å². The van der Waals surface area contributed by atoms with Crippen LogP contribution >= 0.6 is 15.9 Å². The maximum Gasteiger partial charge on any atom is 0.259 e. The Morgan fingerprint density at radius 2 is 1.83 bits per heavy atom. The predicted octanol–water partition coefficient (Wildman–Crippen LogP) is 5.36. The molecule has 1 aliphatic rings. The molecule has 0 unspecified atom stereocenters. The topological polar surface area (TPSA) is 119 Å². The van der Waals surface area contributed by atoms with E-state index in [4.69, 9.17) is 9.15 Å². The van der Waals surface area contributed by atoms with Crippen molar-refractivity contribution in [3.05, 3.63) is 106 Å². The first-order valence-electron chi connectivity index (χ1n) is 13.2. The lowest BCUT2D eigenvalue weighted by Gasteiger charge is -2.37. The van der Waals surface area contributed by atoms with Crippen LogP contribution in [-0.2, 0) is 12.1 Å². The van der Waals surface area contributed by atoms with Crippen molar-refractivity contribution in [3.63, 3.8) is 0 Å². The van der Waals surface area contributed by atoms with E-state index in [9.17, 15) is 9.90 Å². The highest BCUT2D eigenvalue weighted by Gasteiger charge is 2.38. The second-order valence-electron chi connectivity index (χ2n) is 9.93. The highest BCUT2D eigenvalue weighted by Crippen LogP contribution is 2.33. The van der Waals surface area contributed by atoms with Crippen LogP contribution in [0.4, 0.5) is 0 Å². The highest BCUT2D eigenvalue weighted by atomic mass is 79.9. The number of aromatic nitrogens is 5. The van der Waals surface area contributed by atoms with Gasteiger partial charge in [0.25, 0.3) is 5.91 Å². The average molecular weight is 615 g/mol. The Balaban J connectivity index is 1.11. The molecule has 1 aliphatic heterocycles. The quantitative estimate of drug-likeness (QED) is 0.260. The van der Waals surface area contributed by atoms with Crippen LogP contribution in [0.3, 0.4) is 0 Å². The summed E-state index contributed by atoms with van der Waals surface area (Å²) in [6.07, 6.45) is 3.97. The zero-order valence-corrected chi connectivity index (χ0v) is 23.9. The molecule has 5 aromatic rings. The summed E-state index contributed by atoms with van der Waals surface area (Å²) in [6.45, 7) is 2.91. The smallest absolute Gasteiger partial charge is 0.259 e. The minimum atomic E-state index is -1.20. The summed E-state index contributed by atoms with van der Waals surface area (Å²) in [7, 11) is 0. The van der Waals surface area contributed by atoms with E-state index >= 15 is 0 Å². The normalized spacial score (nSPS) is 14.7. The second kappa shape index (κ2) is 11.3. The number of amides is 1. The number of oxazole rings is 1. The second-order valence-corrected chi connectivity index (χ2v) is 10.8. The number of benzene rings is 2. The lowest BCUT2D eigenvalue weighted by atomic mass is 9.88. The number of halogens is 1. The molecule has 6 rings (SSSR count). The van der Waals surface area contributed by atoms with Gasteiger partial charge in [-0.05, 0) is 68.3 Å². The Labute approximate surface area is 244 Å². The van der Waals surface area contributed by atoms with Crippen molar-refractivity contribution in [2.45, 2.75) is 31.9 Å². The van der Waals surface area contributed by atoms with Gasteiger partial charge in [-0.25, -0.2) is 14.6 Å². The monoisotopic (exact) mass is 614 g/mol. The van der Waals surface area contributed by atoms with Gasteiger partial charge < -0.3 is 19.2 Å². The average Bonchev–Trinajstić information content (AvgIpc) is 3.62. The number of hydrogen-bond acceptors (Lipinski definition) is 8. The van der Waals surface area contributed by atoms with Crippen LogP contribution in [-0.4, -0.2) is 54.0 Å². The molecule has 208 valence electrons. The number of likely N-dealkylation sites (tertiary alicyclic amines) is 1. The Morgan fingerprint density at radius 3 is 2.59 bits per heavy atom. The Kier molecular flexibility index (Phi) is 7.38. The van der Waals surface area contributed by atoms with E-state index < -0.39 is 5.60 Å². The molecule has 3 aromatic heterocycles. The van der Waals surface area contributed by atoms with Crippen molar-refractivity contribution >= 4 is 21.8 Å². The number of nitrogens with zero attached hydrogens (tertiary/aromatic N) is 6. The highest BCUT2D eigenvalue weighted by molar-refractivity contribution is 9.10. The number of aliphatic hydroxyl groups is 1. The van der Waals surface area contributed by atoms with E-state index in [1.165, 1.54) is 0 Å². The Hall–Kier alpha value is -4.35. The number of piperidine rings is 1. The molecule has 0 spiro atoms. The van der Waals surface area contributed by atoms with E-state index in [1.807, 2.05) is 49.4 Å². The zero-order valence-electron chi connectivity index (χ0n) is 22.3. The van der Waals surface area contributed by atoms with Crippen LogP contribution in [0.2, 0.25) is 0 Å². The molecule has 0 bridgehead atoms. The maximum atomic E-state index is 13.4. The van der Waals surface area contributed by atoms with Crippen LogP contribution < -0.4 is 4.74 Å². The summed E-state index contributed by atoms with van der Waals surface area (Å²) < 4.78 is 14.3. The summed E-state index contributed by atoms with van der Waals surface area (Å²) >= 11 is 3.41. The number of ether oxygens (including phenoxy) is 1. The lowest BCUT2D eigenvalue weighted by molar-refractivity contribution is -0.0245. The van der Waals surface area contributed by atoms with Crippen LogP contribution in [0.25, 0.3) is 11.5 Å². The first kappa shape index (κ1) is 26.9. The lowest BCUT2D eigenvalue weighted by Crippen LogP contribution is -2.45. The molecule has 4 heterocycles. The van der Waals surface area contributed by atoms with E-state index in [1.54, 1.807) is 46.2 Å². The van der Waals surface area contributed by atoms with Crippen molar-refractivity contribution in [2.24, 2.45) is 0 Å². The summed E-state index contributed by atoms with van der Waals surface area (Å²) in [5.74, 6) is 1.86. The van der Waals surface area contributed by atoms with Crippen molar-refractivity contribution in [1.29, 1.82) is 0 Å². The first-order valence-corrected chi connectivity index (χ1v) is 14.0. The summed E-state index contributed by atoms with van der Waals surface area (Å²) in [5, 5.41) is 19.9. The van der Waals surface area contributed by atoms with Gasteiger partial charge in [0.05, 0.1) is 12.7 Å². The van der Waals surface area contributed by atoms with Gasteiger partial charge in [0, 0.05) is 29.3 Å². The fourth-order valence-corrected chi connectivity index (χ4v) is 5.04. The summed E-state index contributed by atoms with van der Waals surface area (Å²) in [6, 6.07) is 20.4. The van der Waals surface area contributed by atoms with Crippen molar-refractivity contribution in [1.82, 2.24) is 29.9 Å². The molecule has 2 aromatic carbocycles. The minimum absolute atomic E-state index is 0.202. The third kappa shape index (κ3) is 5.77. The van der Waals surface area contributed by atoms with Gasteiger partial charge in [0.2, 0.25) is 11.8 Å². The van der Waals surface area contributed by atoms with E-state index in [-0.39, 0.29) is 11.8 Å². The molecular weight excluding hydrogens is 588 g/mol. The molecular formula is C30H27BrN6O4. The van der Waals surface area contributed by atoms with Gasteiger partial charge in [-0.3, -0.25) is 4.79 Å². The Morgan fingerprint density at radius 1 is 1.07 bits per heavy atom. The number of carbonyl (C=O) groups is 1. The molecule has 0 radical (unpaired) electrons. The fourth-order valence-electron chi connectivity index (χ4n) is 4.78. The third-order valence-corrected chi connectivity index (χ3v) is 7.68. The van der Waals surface area contributed by atoms with Gasteiger partial charge in [-0.1, -0.05) is 39.3 Å². The number of carbonyl (C=O) groups excluding carboxylic acids is 1. The number of hydrogen-bond donors (Lipinski definition) is 1. The number of aryl methyl sites for hydroxylation is 1. The summed E-state index contributed by atoms with van der Waals surface area (Å²) in [5.41, 5.74) is 1.27. The molecule has 11 heteroatoms. The predicted molar refractivity (Wildman–Crippen MR) is 153 cm³/mol. The number of pyridine rings is 1. The van der Waals surface area contributed by atoms with Crippen LogP contribution in [0, 0.1) is 6.92 Å². The van der Waals surface area contributed by atoms with Crippen LogP contribution in [0.15, 0.2) is 88.0 Å². The fraction of sp³-hybridized carbons (Fsp3) is 0.233. The number of rotatable bonds is 7. The molecule has 1 saturated heterocycles. The molecule has 1 N–H and O–H groups in total. The molecule has 0 saturated carbocycles. The standard InChI is InChI=1S/C30H27BrN6O4/c1-20-25(33-27(40-20)21-6-3-2-4-7-21)18-37-19-26(34-35-37)30(39)13-16-36(17-14-30)29(38)24-8-5-15-32-28(24)41-23-11-9-22(31)10-12-23/h2-12,15,19,39H,13-14,16-18H2,1H3. The van der Waals surface area contributed by atoms with Crippen molar-refractivity contribution < 1.29 is 19.1 Å². The molecule has 10 nitrogen and oxygen atoms in total.